The molecule has 0 aliphatic carbocycles. The number of piperidine rings is 1. The SMILES string of the molecule is CC1CCN(C(=O)NC(C)Oc2ccc(Cl)cc2)CC1. The number of hydrogen-bond acceptors (Lipinski definition) is 2. The van der Waals surface area contributed by atoms with E-state index in [1.165, 1.54) is 0 Å². The van der Waals surface area contributed by atoms with E-state index in [9.17, 15) is 4.79 Å². The summed E-state index contributed by atoms with van der Waals surface area (Å²) in [7, 11) is 0. The van der Waals surface area contributed by atoms with Crippen LogP contribution in [-0.4, -0.2) is 30.2 Å². The van der Waals surface area contributed by atoms with E-state index < -0.39 is 0 Å². The highest BCUT2D eigenvalue weighted by atomic mass is 35.5. The Morgan fingerprint density at radius 1 is 1.35 bits per heavy atom. The van der Waals surface area contributed by atoms with E-state index in [0.29, 0.717) is 16.7 Å². The van der Waals surface area contributed by atoms with Gasteiger partial charge in [-0.15, -0.1) is 0 Å². The molecule has 0 radical (unpaired) electrons. The molecule has 1 aromatic carbocycles. The number of carbonyl (C=O) groups excluding carboxylic acids is 1. The molecule has 5 heteroatoms. The summed E-state index contributed by atoms with van der Waals surface area (Å²) >= 11 is 5.81. The highest BCUT2D eigenvalue weighted by molar-refractivity contribution is 6.30. The number of halogens is 1. The van der Waals surface area contributed by atoms with Crippen LogP contribution in [0.1, 0.15) is 26.7 Å². The van der Waals surface area contributed by atoms with Crippen molar-refractivity contribution < 1.29 is 9.53 Å². The van der Waals surface area contributed by atoms with Crippen LogP contribution < -0.4 is 10.1 Å². The van der Waals surface area contributed by atoms with Crippen LogP contribution in [0.3, 0.4) is 0 Å². The maximum atomic E-state index is 12.1. The fraction of sp³-hybridized carbons (Fsp3) is 0.533. The van der Waals surface area contributed by atoms with Gasteiger partial charge in [0.25, 0.3) is 0 Å². The third-order valence-electron chi connectivity index (χ3n) is 3.52. The van der Waals surface area contributed by atoms with Gasteiger partial charge in [0.1, 0.15) is 5.75 Å². The van der Waals surface area contributed by atoms with Gasteiger partial charge >= 0.3 is 6.03 Å². The summed E-state index contributed by atoms with van der Waals surface area (Å²) in [6.07, 6.45) is 1.77. The van der Waals surface area contributed by atoms with E-state index in [1.54, 1.807) is 24.3 Å². The molecule has 1 aromatic rings. The maximum absolute atomic E-state index is 12.1. The van der Waals surface area contributed by atoms with Crippen molar-refractivity contribution in [2.45, 2.75) is 32.9 Å². The molecule has 0 saturated carbocycles. The quantitative estimate of drug-likeness (QED) is 0.867. The molecule has 0 aromatic heterocycles. The van der Waals surface area contributed by atoms with Crippen molar-refractivity contribution in [3.63, 3.8) is 0 Å². The number of nitrogens with one attached hydrogen (secondary N) is 1. The van der Waals surface area contributed by atoms with Crippen molar-refractivity contribution >= 4 is 17.6 Å². The van der Waals surface area contributed by atoms with E-state index >= 15 is 0 Å². The Hall–Kier alpha value is -1.42. The molecule has 1 saturated heterocycles. The monoisotopic (exact) mass is 296 g/mol. The van der Waals surface area contributed by atoms with Gasteiger partial charge in [-0.25, -0.2) is 4.79 Å². The van der Waals surface area contributed by atoms with Crippen LogP contribution in [0.5, 0.6) is 5.75 Å². The van der Waals surface area contributed by atoms with Gasteiger partial charge in [-0.1, -0.05) is 18.5 Å². The number of nitrogens with zero attached hydrogens (tertiary/aromatic N) is 1. The number of urea groups is 1. The lowest BCUT2D eigenvalue weighted by molar-refractivity contribution is 0.140. The van der Waals surface area contributed by atoms with Crippen LogP contribution in [0.25, 0.3) is 0 Å². The molecule has 1 fully saturated rings. The van der Waals surface area contributed by atoms with E-state index in [0.717, 1.165) is 25.9 Å². The van der Waals surface area contributed by atoms with Gasteiger partial charge in [-0.05, 0) is 49.9 Å². The van der Waals surface area contributed by atoms with Gasteiger partial charge in [0, 0.05) is 18.1 Å². The molecule has 0 bridgehead atoms. The largest absolute Gasteiger partial charge is 0.471 e. The van der Waals surface area contributed by atoms with E-state index in [4.69, 9.17) is 16.3 Å². The summed E-state index contributed by atoms with van der Waals surface area (Å²) in [6.45, 7) is 5.68. The van der Waals surface area contributed by atoms with Crippen LogP contribution in [-0.2, 0) is 0 Å². The molecule has 1 heterocycles. The second kappa shape index (κ2) is 6.84. The molecule has 110 valence electrons. The predicted octanol–water partition coefficient (Wildman–Crippen LogP) is 3.51. The van der Waals surface area contributed by atoms with Crippen molar-refractivity contribution in [1.82, 2.24) is 10.2 Å². The third-order valence-corrected chi connectivity index (χ3v) is 3.78. The average molecular weight is 297 g/mol. The number of amides is 2. The lowest BCUT2D eigenvalue weighted by Crippen LogP contribution is -2.48. The topological polar surface area (TPSA) is 41.6 Å². The van der Waals surface area contributed by atoms with Crippen LogP contribution in [0, 0.1) is 5.92 Å². The second-order valence-electron chi connectivity index (χ2n) is 5.33. The summed E-state index contributed by atoms with van der Waals surface area (Å²) in [6, 6.07) is 7.04. The molecule has 4 nitrogen and oxygen atoms in total. The zero-order valence-electron chi connectivity index (χ0n) is 11.9. The molecule has 2 rings (SSSR count). The van der Waals surface area contributed by atoms with Crippen LogP contribution in [0.4, 0.5) is 4.79 Å². The Bertz CT molecular complexity index is 442. The summed E-state index contributed by atoms with van der Waals surface area (Å²) in [5.41, 5.74) is 0. The average Bonchev–Trinajstić information content (AvgIpc) is 2.42. The highest BCUT2D eigenvalue weighted by Crippen LogP contribution is 2.17. The van der Waals surface area contributed by atoms with Gasteiger partial charge in [-0.3, -0.25) is 0 Å². The predicted molar refractivity (Wildman–Crippen MR) is 80.0 cm³/mol. The van der Waals surface area contributed by atoms with Gasteiger partial charge in [0.2, 0.25) is 0 Å². The summed E-state index contributed by atoms with van der Waals surface area (Å²) < 4.78 is 5.63. The van der Waals surface area contributed by atoms with Crippen molar-refractivity contribution in [1.29, 1.82) is 0 Å². The maximum Gasteiger partial charge on any atom is 0.320 e. The van der Waals surface area contributed by atoms with Crippen molar-refractivity contribution in [2.24, 2.45) is 5.92 Å². The first-order valence-corrected chi connectivity index (χ1v) is 7.40. The molecular formula is C15H21ClN2O2. The normalized spacial score (nSPS) is 17.6. The first kappa shape index (κ1) is 15.0. The standard InChI is InChI=1S/C15H21ClN2O2/c1-11-7-9-18(10-8-11)15(19)17-12(2)20-14-5-3-13(16)4-6-14/h3-6,11-12H,7-10H2,1-2H3,(H,17,19). The van der Waals surface area contributed by atoms with Gasteiger partial charge in [0.05, 0.1) is 0 Å². The minimum atomic E-state index is -0.372. The minimum absolute atomic E-state index is 0.0571. The number of likely N-dealkylation sites (tertiary alicyclic amines) is 1. The summed E-state index contributed by atoms with van der Waals surface area (Å²) in [5.74, 6) is 1.40. The molecule has 1 aliphatic rings. The highest BCUT2D eigenvalue weighted by Gasteiger charge is 2.21. The molecule has 1 atom stereocenters. The number of hydrogen-bond donors (Lipinski definition) is 1. The first-order valence-electron chi connectivity index (χ1n) is 7.02. The Labute approximate surface area is 125 Å². The lowest BCUT2D eigenvalue weighted by Gasteiger charge is -2.31. The fourth-order valence-electron chi connectivity index (χ4n) is 2.22. The molecule has 1 aliphatic heterocycles. The zero-order valence-corrected chi connectivity index (χ0v) is 12.7. The van der Waals surface area contributed by atoms with Crippen LogP contribution in [0.2, 0.25) is 5.02 Å². The lowest BCUT2D eigenvalue weighted by atomic mass is 10.00. The summed E-state index contributed by atoms with van der Waals surface area (Å²) in [5, 5.41) is 3.52. The number of rotatable bonds is 3. The van der Waals surface area contributed by atoms with E-state index in [-0.39, 0.29) is 12.3 Å². The first-order chi connectivity index (χ1) is 9.54. The molecule has 1 unspecified atom stereocenters. The van der Waals surface area contributed by atoms with Gasteiger partial charge < -0.3 is 15.0 Å². The second-order valence-corrected chi connectivity index (χ2v) is 5.77. The Balaban J connectivity index is 1.80. The smallest absolute Gasteiger partial charge is 0.320 e. The van der Waals surface area contributed by atoms with E-state index in [2.05, 4.69) is 12.2 Å². The van der Waals surface area contributed by atoms with Gasteiger partial charge in [-0.2, -0.15) is 0 Å². The van der Waals surface area contributed by atoms with Crippen molar-refractivity contribution in [3.05, 3.63) is 29.3 Å². The molecule has 0 spiro atoms. The van der Waals surface area contributed by atoms with Gasteiger partial charge in [0.15, 0.2) is 6.23 Å². The molecular weight excluding hydrogens is 276 g/mol. The van der Waals surface area contributed by atoms with Crippen LogP contribution >= 0.6 is 11.6 Å². The Morgan fingerprint density at radius 2 is 1.95 bits per heavy atom. The Kier molecular flexibility index (Phi) is 5.12. The fourth-order valence-corrected chi connectivity index (χ4v) is 2.35. The number of benzene rings is 1. The van der Waals surface area contributed by atoms with E-state index in [1.807, 2.05) is 11.8 Å². The van der Waals surface area contributed by atoms with Crippen molar-refractivity contribution in [3.8, 4) is 5.75 Å². The third kappa shape index (κ3) is 4.30. The molecule has 1 N–H and O–H groups in total. The minimum Gasteiger partial charge on any atom is -0.471 e. The van der Waals surface area contributed by atoms with Crippen LogP contribution in [0.15, 0.2) is 24.3 Å². The summed E-state index contributed by atoms with van der Waals surface area (Å²) in [4.78, 5) is 13.9. The molecule has 2 amide bonds. The van der Waals surface area contributed by atoms with Crippen molar-refractivity contribution in [2.75, 3.05) is 13.1 Å². The number of carbonyl (C=O) groups is 1. The molecule has 20 heavy (non-hydrogen) atoms. The zero-order chi connectivity index (χ0) is 14.5. The number of ether oxygens (including phenoxy) is 1. The Morgan fingerprint density at radius 3 is 2.55 bits per heavy atom.